The van der Waals surface area contributed by atoms with E-state index in [-0.39, 0.29) is 21.0 Å². The molecule has 0 aromatic carbocycles. The molecular formula is C12H10ClN5O6S. The summed E-state index contributed by atoms with van der Waals surface area (Å²) in [6.45, 7) is 1.46. The molecule has 13 heteroatoms. The molecule has 4 N–H and O–H groups in total. The molecule has 0 aliphatic carbocycles. The lowest BCUT2D eigenvalue weighted by atomic mass is 10.1. The zero-order valence-electron chi connectivity index (χ0n) is 12.7. The highest BCUT2D eigenvalue weighted by Gasteiger charge is 2.29. The van der Waals surface area contributed by atoms with Crippen LogP contribution >= 0.6 is 22.9 Å². The number of amides is 2. The first-order chi connectivity index (χ1) is 11.7. The lowest BCUT2D eigenvalue weighted by Gasteiger charge is -2.04. The molecular weight excluding hydrogens is 378 g/mol. The number of aromatic amines is 1. The molecule has 2 aromatic heterocycles. The molecule has 2 amide bonds. The number of hydrogen-bond acceptors (Lipinski definition) is 8. The second kappa shape index (κ2) is 6.86. The van der Waals surface area contributed by atoms with E-state index < -0.39 is 39.2 Å². The van der Waals surface area contributed by atoms with E-state index in [4.69, 9.17) is 17.3 Å². The number of carbonyl (C=O) groups excluding carboxylic acids is 3. The first-order valence-electron chi connectivity index (χ1n) is 6.40. The monoisotopic (exact) mass is 387 g/mol. The average Bonchev–Trinajstić information content (AvgIpc) is 3.07. The Kier molecular flexibility index (Phi) is 5.04. The molecule has 0 saturated heterocycles. The van der Waals surface area contributed by atoms with Crippen LogP contribution in [0.2, 0.25) is 5.02 Å². The van der Waals surface area contributed by atoms with Gasteiger partial charge in [-0.25, -0.2) is 4.79 Å². The van der Waals surface area contributed by atoms with E-state index in [2.05, 4.69) is 15.2 Å². The molecule has 2 rings (SSSR count). The fourth-order valence-corrected chi connectivity index (χ4v) is 3.22. The predicted molar refractivity (Wildman–Crippen MR) is 87.1 cm³/mol. The third-order valence-electron chi connectivity index (χ3n) is 3.07. The summed E-state index contributed by atoms with van der Waals surface area (Å²) in [5, 5.41) is 18.0. The summed E-state index contributed by atoms with van der Waals surface area (Å²) in [4.78, 5) is 45.6. The van der Waals surface area contributed by atoms with Gasteiger partial charge in [0, 0.05) is 0 Å². The van der Waals surface area contributed by atoms with Crippen molar-refractivity contribution in [2.45, 2.75) is 6.92 Å². The highest BCUT2D eigenvalue weighted by molar-refractivity contribution is 7.18. The number of rotatable bonds is 5. The molecule has 2 aromatic rings. The maximum absolute atomic E-state index is 12.3. The zero-order valence-corrected chi connectivity index (χ0v) is 14.3. The van der Waals surface area contributed by atoms with Crippen molar-refractivity contribution in [2.75, 3.05) is 12.4 Å². The van der Waals surface area contributed by atoms with Crippen LogP contribution in [0.25, 0.3) is 0 Å². The number of halogens is 1. The van der Waals surface area contributed by atoms with Gasteiger partial charge in [0.25, 0.3) is 11.8 Å². The zero-order chi connectivity index (χ0) is 18.9. The molecule has 0 unspecified atom stereocenters. The van der Waals surface area contributed by atoms with Crippen LogP contribution in [0, 0.1) is 17.0 Å². The molecule has 0 atom stereocenters. The number of methoxy groups -OCH3 is 1. The summed E-state index contributed by atoms with van der Waals surface area (Å²) in [5.74, 6) is -3.16. The molecule has 11 nitrogen and oxygen atoms in total. The van der Waals surface area contributed by atoms with Gasteiger partial charge in [-0.2, -0.15) is 0 Å². The molecule has 0 aliphatic rings. The van der Waals surface area contributed by atoms with Crippen molar-refractivity contribution >= 4 is 51.5 Å². The van der Waals surface area contributed by atoms with Crippen LogP contribution < -0.4 is 11.1 Å². The summed E-state index contributed by atoms with van der Waals surface area (Å²) < 4.78 is 4.62. The van der Waals surface area contributed by atoms with Crippen LogP contribution in [0.5, 0.6) is 0 Å². The fourth-order valence-electron chi connectivity index (χ4n) is 1.94. The van der Waals surface area contributed by atoms with Gasteiger partial charge in [-0.05, 0) is 17.4 Å². The van der Waals surface area contributed by atoms with Crippen LogP contribution in [-0.4, -0.2) is 40.0 Å². The van der Waals surface area contributed by atoms with Crippen LogP contribution in [-0.2, 0) is 4.74 Å². The van der Waals surface area contributed by atoms with Crippen molar-refractivity contribution in [3.8, 4) is 0 Å². The van der Waals surface area contributed by atoms with Crippen LogP contribution in [0.1, 0.15) is 36.1 Å². The van der Waals surface area contributed by atoms with E-state index in [0.717, 1.165) is 18.4 Å². The number of thiophene rings is 1. The van der Waals surface area contributed by atoms with Gasteiger partial charge in [-0.1, -0.05) is 16.7 Å². The maximum atomic E-state index is 12.3. The number of H-pyrrole nitrogens is 1. The van der Waals surface area contributed by atoms with Crippen LogP contribution in [0.4, 0.5) is 10.8 Å². The third-order valence-corrected chi connectivity index (χ3v) is 4.65. The van der Waals surface area contributed by atoms with Gasteiger partial charge in [0.1, 0.15) is 5.00 Å². The van der Waals surface area contributed by atoms with Crippen molar-refractivity contribution in [3.63, 3.8) is 0 Å². The largest absolute Gasteiger partial charge is 0.465 e. The number of nitrogens with two attached hydrogens (primary N) is 1. The Labute approximate surface area is 148 Å². The van der Waals surface area contributed by atoms with E-state index in [0.29, 0.717) is 0 Å². The summed E-state index contributed by atoms with van der Waals surface area (Å²) >= 11 is 6.50. The van der Waals surface area contributed by atoms with E-state index >= 15 is 0 Å². The SMILES string of the molecule is COC(=O)c1c(NC(=O)c2n[nH]c([N+](=O)[O-])c2Cl)sc(C(N)=O)c1C. The van der Waals surface area contributed by atoms with E-state index in [1.807, 2.05) is 5.10 Å². The quantitative estimate of drug-likeness (QED) is 0.396. The fraction of sp³-hybridized carbons (Fsp3) is 0.167. The first kappa shape index (κ1) is 18.4. The first-order valence-corrected chi connectivity index (χ1v) is 7.59. The van der Waals surface area contributed by atoms with Gasteiger partial charge >= 0.3 is 11.8 Å². The van der Waals surface area contributed by atoms with Crippen molar-refractivity contribution < 1.29 is 24.0 Å². The highest BCUT2D eigenvalue weighted by atomic mass is 35.5. The van der Waals surface area contributed by atoms with Crippen molar-refractivity contribution in [1.82, 2.24) is 10.2 Å². The number of aromatic nitrogens is 2. The van der Waals surface area contributed by atoms with Gasteiger partial charge < -0.3 is 25.9 Å². The standard InChI is InChI=1S/C12H10ClN5O6S/c1-3-4(12(21)24-2)11(25-7(3)8(14)19)15-10(20)6-5(13)9(17-16-6)18(22)23/h1-2H3,(H2,14,19)(H,15,20)(H,16,17). The van der Waals surface area contributed by atoms with Gasteiger partial charge in [-0.15, -0.1) is 16.4 Å². The second-order valence-corrected chi connectivity index (χ2v) is 5.96. The summed E-state index contributed by atoms with van der Waals surface area (Å²) in [7, 11) is 1.13. The van der Waals surface area contributed by atoms with Crippen LogP contribution in [0.3, 0.4) is 0 Å². The Morgan fingerprint density at radius 3 is 2.56 bits per heavy atom. The molecule has 25 heavy (non-hydrogen) atoms. The third kappa shape index (κ3) is 3.29. The van der Waals surface area contributed by atoms with Gasteiger partial charge in [0.05, 0.1) is 17.6 Å². The molecule has 0 fully saturated rings. The minimum atomic E-state index is -0.920. The smallest absolute Gasteiger partial charge is 0.362 e. The minimum absolute atomic E-state index is 0.0233. The number of nitrogens with one attached hydrogen (secondary N) is 2. The lowest BCUT2D eigenvalue weighted by Crippen LogP contribution is -2.15. The van der Waals surface area contributed by atoms with Gasteiger partial charge in [0.15, 0.2) is 10.7 Å². The predicted octanol–water partition coefficient (Wildman–Crippen LogP) is 1.48. The molecule has 0 bridgehead atoms. The molecule has 0 aliphatic heterocycles. The number of hydrogen-bond donors (Lipinski definition) is 3. The number of carbonyl (C=O) groups is 3. The Bertz CT molecular complexity index is 904. The summed E-state index contributed by atoms with van der Waals surface area (Å²) in [6, 6.07) is 0. The molecule has 0 saturated carbocycles. The molecule has 0 radical (unpaired) electrons. The normalized spacial score (nSPS) is 10.4. The number of esters is 1. The molecule has 0 spiro atoms. The van der Waals surface area contributed by atoms with Gasteiger partial charge in [0.2, 0.25) is 0 Å². The van der Waals surface area contributed by atoms with Gasteiger partial charge in [-0.3, -0.25) is 9.59 Å². The highest BCUT2D eigenvalue weighted by Crippen LogP contribution is 2.34. The van der Waals surface area contributed by atoms with Crippen molar-refractivity contribution in [1.29, 1.82) is 0 Å². The van der Waals surface area contributed by atoms with Crippen molar-refractivity contribution in [2.24, 2.45) is 5.73 Å². The van der Waals surface area contributed by atoms with E-state index in [1.165, 1.54) is 6.92 Å². The summed E-state index contributed by atoms with van der Waals surface area (Å²) in [5.41, 5.74) is 4.96. The topological polar surface area (TPSA) is 170 Å². The number of anilines is 1. The number of ether oxygens (including phenoxy) is 1. The molecule has 2 heterocycles. The number of nitrogens with zero attached hydrogens (tertiary/aromatic N) is 2. The minimum Gasteiger partial charge on any atom is -0.465 e. The Morgan fingerprint density at radius 2 is 2.08 bits per heavy atom. The second-order valence-electron chi connectivity index (χ2n) is 4.56. The van der Waals surface area contributed by atoms with Crippen molar-refractivity contribution in [3.05, 3.63) is 36.8 Å². The Hall–Kier alpha value is -2.99. The Morgan fingerprint density at radius 1 is 1.44 bits per heavy atom. The van der Waals surface area contributed by atoms with E-state index in [1.54, 1.807) is 0 Å². The number of nitro groups is 1. The Balaban J connectivity index is 2.44. The lowest BCUT2D eigenvalue weighted by molar-refractivity contribution is -0.389. The number of primary amides is 1. The molecule has 132 valence electrons. The van der Waals surface area contributed by atoms with Crippen LogP contribution in [0.15, 0.2) is 0 Å². The van der Waals surface area contributed by atoms with E-state index in [9.17, 15) is 24.5 Å². The maximum Gasteiger partial charge on any atom is 0.362 e. The average molecular weight is 388 g/mol. The summed E-state index contributed by atoms with van der Waals surface area (Å²) in [6.07, 6.45) is 0.